The van der Waals surface area contributed by atoms with Crippen molar-refractivity contribution in [3.63, 3.8) is 0 Å². The van der Waals surface area contributed by atoms with E-state index in [1.54, 1.807) is 26.6 Å². The van der Waals surface area contributed by atoms with Crippen molar-refractivity contribution in [2.24, 2.45) is 0 Å². The molecule has 0 radical (unpaired) electrons. The normalized spacial score (nSPS) is 18.2. The molecular formula is C26H30ClN3O3. The zero-order valence-corrected chi connectivity index (χ0v) is 19.9. The Morgan fingerprint density at radius 2 is 1.30 bits per heavy atom. The van der Waals surface area contributed by atoms with Gasteiger partial charge in [0, 0.05) is 31.5 Å². The van der Waals surface area contributed by atoms with Gasteiger partial charge in [-0.25, -0.2) is 9.97 Å². The molecule has 6 nitrogen and oxygen atoms in total. The van der Waals surface area contributed by atoms with Crippen LogP contribution in [0, 0.1) is 0 Å². The van der Waals surface area contributed by atoms with E-state index in [1.807, 2.05) is 24.3 Å². The molecule has 0 atom stereocenters. The van der Waals surface area contributed by atoms with Gasteiger partial charge in [-0.15, -0.1) is 0 Å². The van der Waals surface area contributed by atoms with E-state index in [0.717, 1.165) is 50.3 Å². The third-order valence-corrected chi connectivity index (χ3v) is 6.41. The number of hydrogen-bond donors (Lipinski definition) is 0. The van der Waals surface area contributed by atoms with Crippen molar-refractivity contribution in [2.75, 3.05) is 14.2 Å². The molecule has 4 rings (SSSR count). The minimum atomic E-state index is 0.110. The fraction of sp³-hybridized carbons (Fsp3) is 0.385. The highest BCUT2D eigenvalue weighted by Crippen LogP contribution is 2.30. The van der Waals surface area contributed by atoms with E-state index in [1.165, 1.54) is 11.1 Å². The Morgan fingerprint density at radius 1 is 0.788 bits per heavy atom. The zero-order chi connectivity index (χ0) is 23.0. The monoisotopic (exact) mass is 467 g/mol. The quantitative estimate of drug-likeness (QED) is 0.412. The Bertz CT molecular complexity index is 957. The molecule has 0 unspecified atom stereocenters. The molecule has 0 aliphatic heterocycles. The van der Waals surface area contributed by atoms with Crippen LogP contribution in [0.3, 0.4) is 0 Å². The van der Waals surface area contributed by atoms with E-state index in [-0.39, 0.29) is 6.10 Å². The number of ether oxygens (including phenoxy) is 3. The van der Waals surface area contributed by atoms with Crippen LogP contribution < -0.4 is 14.2 Å². The highest BCUT2D eigenvalue weighted by Gasteiger charge is 2.28. The molecule has 174 valence electrons. The molecule has 0 amide bonds. The van der Waals surface area contributed by atoms with E-state index in [9.17, 15) is 0 Å². The van der Waals surface area contributed by atoms with Crippen LogP contribution in [-0.2, 0) is 13.1 Å². The van der Waals surface area contributed by atoms with Crippen LogP contribution in [0.15, 0.2) is 60.9 Å². The number of aromatic nitrogens is 2. The van der Waals surface area contributed by atoms with Gasteiger partial charge >= 0.3 is 0 Å². The molecule has 0 saturated heterocycles. The van der Waals surface area contributed by atoms with Crippen molar-refractivity contribution < 1.29 is 14.2 Å². The third kappa shape index (κ3) is 6.36. The van der Waals surface area contributed by atoms with Gasteiger partial charge in [0.05, 0.1) is 14.2 Å². The number of rotatable bonds is 9. The van der Waals surface area contributed by atoms with Crippen molar-refractivity contribution in [3.05, 3.63) is 77.2 Å². The van der Waals surface area contributed by atoms with Gasteiger partial charge in [-0.1, -0.05) is 35.9 Å². The Labute approximate surface area is 200 Å². The van der Waals surface area contributed by atoms with Gasteiger partial charge in [0.15, 0.2) is 5.15 Å². The summed E-state index contributed by atoms with van der Waals surface area (Å²) in [6.07, 6.45) is 7.31. The highest BCUT2D eigenvalue weighted by molar-refractivity contribution is 6.30. The maximum absolute atomic E-state index is 6.12. The van der Waals surface area contributed by atoms with Crippen LogP contribution in [0.4, 0.5) is 0 Å². The molecule has 7 heteroatoms. The second kappa shape index (κ2) is 11.3. The van der Waals surface area contributed by atoms with Crippen molar-refractivity contribution in [2.45, 2.75) is 50.9 Å². The predicted octanol–water partition coefficient (Wildman–Crippen LogP) is 5.54. The van der Waals surface area contributed by atoms with Crippen LogP contribution in [0.2, 0.25) is 5.15 Å². The summed E-state index contributed by atoms with van der Waals surface area (Å²) in [5.74, 6) is 2.18. The second-order valence-electron chi connectivity index (χ2n) is 8.30. The van der Waals surface area contributed by atoms with Gasteiger partial charge in [0.25, 0.3) is 5.88 Å². The summed E-state index contributed by atoms with van der Waals surface area (Å²) in [4.78, 5) is 10.8. The Morgan fingerprint density at radius 3 is 1.79 bits per heavy atom. The first-order valence-electron chi connectivity index (χ1n) is 11.3. The fourth-order valence-corrected chi connectivity index (χ4v) is 4.47. The summed E-state index contributed by atoms with van der Waals surface area (Å²) in [5, 5.41) is 0.320. The first-order chi connectivity index (χ1) is 16.1. The number of nitrogens with zero attached hydrogens (tertiary/aromatic N) is 3. The topological polar surface area (TPSA) is 56.7 Å². The summed E-state index contributed by atoms with van der Waals surface area (Å²) in [6, 6.07) is 17.1. The lowest BCUT2D eigenvalue weighted by atomic mass is 9.91. The average molecular weight is 468 g/mol. The molecule has 1 aliphatic rings. The van der Waals surface area contributed by atoms with Gasteiger partial charge in [-0.3, -0.25) is 4.90 Å². The van der Waals surface area contributed by atoms with Crippen LogP contribution in [0.1, 0.15) is 36.8 Å². The number of benzene rings is 2. The largest absolute Gasteiger partial charge is 0.497 e. The molecule has 3 aromatic rings. The van der Waals surface area contributed by atoms with Gasteiger partial charge in [0.1, 0.15) is 17.6 Å². The second-order valence-corrected chi connectivity index (χ2v) is 8.66. The molecule has 0 N–H and O–H groups in total. The van der Waals surface area contributed by atoms with Crippen LogP contribution in [-0.4, -0.2) is 41.2 Å². The summed E-state index contributed by atoms with van der Waals surface area (Å²) < 4.78 is 16.7. The highest BCUT2D eigenvalue weighted by atomic mass is 35.5. The molecule has 1 aliphatic carbocycles. The van der Waals surface area contributed by atoms with Crippen LogP contribution in [0.5, 0.6) is 17.4 Å². The maximum Gasteiger partial charge on any atom is 0.252 e. The number of hydrogen-bond acceptors (Lipinski definition) is 6. The van der Waals surface area contributed by atoms with Gasteiger partial charge in [-0.05, 0) is 61.1 Å². The molecular weight excluding hydrogens is 438 g/mol. The third-order valence-electron chi connectivity index (χ3n) is 6.15. The van der Waals surface area contributed by atoms with E-state index in [4.69, 9.17) is 25.8 Å². The Balaban J connectivity index is 1.43. The van der Waals surface area contributed by atoms with Crippen molar-refractivity contribution >= 4 is 11.6 Å². The minimum Gasteiger partial charge on any atom is -0.497 e. The molecule has 1 heterocycles. The maximum atomic E-state index is 6.12. The molecule has 1 fully saturated rings. The number of methoxy groups -OCH3 is 2. The van der Waals surface area contributed by atoms with E-state index < -0.39 is 0 Å². The smallest absolute Gasteiger partial charge is 0.252 e. The first-order valence-corrected chi connectivity index (χ1v) is 11.7. The zero-order valence-electron chi connectivity index (χ0n) is 19.1. The minimum absolute atomic E-state index is 0.110. The summed E-state index contributed by atoms with van der Waals surface area (Å²) in [5.41, 5.74) is 2.54. The SMILES string of the molecule is COc1ccc(CN(Cc2ccc(OC)cc2)C2CCC(Oc3nccnc3Cl)CC2)cc1. The lowest BCUT2D eigenvalue weighted by molar-refractivity contribution is 0.0768. The molecule has 0 spiro atoms. The summed E-state index contributed by atoms with van der Waals surface area (Å²) in [6.45, 7) is 1.75. The summed E-state index contributed by atoms with van der Waals surface area (Å²) >= 11 is 6.12. The van der Waals surface area contributed by atoms with Crippen molar-refractivity contribution in [1.82, 2.24) is 14.9 Å². The van der Waals surface area contributed by atoms with Crippen LogP contribution in [0.25, 0.3) is 0 Å². The molecule has 2 aromatic carbocycles. The van der Waals surface area contributed by atoms with Crippen LogP contribution >= 0.6 is 11.6 Å². The fourth-order valence-electron chi connectivity index (χ4n) is 4.32. The first kappa shape index (κ1) is 23.3. The summed E-state index contributed by atoms with van der Waals surface area (Å²) in [7, 11) is 3.39. The average Bonchev–Trinajstić information content (AvgIpc) is 2.86. The molecule has 0 bridgehead atoms. The van der Waals surface area contributed by atoms with Gasteiger partial charge < -0.3 is 14.2 Å². The van der Waals surface area contributed by atoms with E-state index in [2.05, 4.69) is 39.1 Å². The van der Waals surface area contributed by atoms with E-state index in [0.29, 0.717) is 17.1 Å². The standard InChI is InChI=1S/C26H30ClN3O3/c1-31-22-9-3-19(4-10-22)17-30(18-20-5-11-23(32-2)12-6-20)21-7-13-24(14-8-21)33-26-25(27)28-15-16-29-26/h3-6,9-12,15-16,21,24H,7-8,13-14,17-18H2,1-2H3. The molecule has 1 aromatic heterocycles. The van der Waals surface area contributed by atoms with E-state index >= 15 is 0 Å². The number of halogens is 1. The Hall–Kier alpha value is -2.83. The van der Waals surface area contributed by atoms with Crippen molar-refractivity contribution in [1.29, 1.82) is 0 Å². The van der Waals surface area contributed by atoms with Gasteiger partial charge in [-0.2, -0.15) is 0 Å². The predicted molar refractivity (Wildman–Crippen MR) is 129 cm³/mol. The Kier molecular flexibility index (Phi) is 8.02. The van der Waals surface area contributed by atoms with Gasteiger partial charge in [0.2, 0.25) is 0 Å². The lowest BCUT2D eigenvalue weighted by Crippen LogP contribution is -2.39. The lowest BCUT2D eigenvalue weighted by Gasteiger charge is -2.37. The molecule has 1 saturated carbocycles. The van der Waals surface area contributed by atoms with Crippen molar-refractivity contribution in [3.8, 4) is 17.4 Å². The molecule has 33 heavy (non-hydrogen) atoms.